The minimum Gasteiger partial charge on any atom is -0.249 e. The van der Waals surface area contributed by atoms with E-state index in [-0.39, 0.29) is 17.4 Å². The van der Waals surface area contributed by atoms with E-state index in [0.29, 0.717) is 0 Å². The highest BCUT2D eigenvalue weighted by Crippen LogP contribution is 2.39. The molecule has 0 radical (unpaired) electrons. The summed E-state index contributed by atoms with van der Waals surface area (Å²) < 4.78 is 0. The van der Waals surface area contributed by atoms with Gasteiger partial charge in [0, 0.05) is 5.92 Å². The van der Waals surface area contributed by atoms with Crippen molar-refractivity contribution < 1.29 is 0 Å². The van der Waals surface area contributed by atoms with Crippen LogP contribution in [0.4, 0.5) is 0 Å². The molecule has 5 nitrogen and oxygen atoms in total. The molecule has 1 atom stereocenters. The van der Waals surface area contributed by atoms with Gasteiger partial charge in [-0.2, -0.15) is 15.0 Å². The Kier molecular flexibility index (Phi) is 6.06. The smallest absolute Gasteiger partial charge is 0.0896 e. The number of fused-ring (bicyclic) bond motifs is 1. The predicted molar refractivity (Wildman–Crippen MR) is 120 cm³/mol. The van der Waals surface area contributed by atoms with Gasteiger partial charge in [0.1, 0.15) is 0 Å². The third-order valence-electron chi connectivity index (χ3n) is 6.25. The van der Waals surface area contributed by atoms with E-state index >= 15 is 0 Å². The number of hydrogen-bond donors (Lipinski definition) is 0. The first-order chi connectivity index (χ1) is 13.7. The van der Waals surface area contributed by atoms with E-state index in [2.05, 4.69) is 73.6 Å². The van der Waals surface area contributed by atoms with Crippen molar-refractivity contribution in [1.82, 2.24) is 25.0 Å². The molecule has 2 aromatic heterocycles. The van der Waals surface area contributed by atoms with Crippen LogP contribution in [-0.2, 0) is 24.7 Å². The molecule has 0 saturated heterocycles. The van der Waals surface area contributed by atoms with Crippen molar-refractivity contribution in [3.63, 3.8) is 0 Å². The van der Waals surface area contributed by atoms with Gasteiger partial charge in [-0.1, -0.05) is 47.6 Å². The van der Waals surface area contributed by atoms with E-state index in [4.69, 9.17) is 20.2 Å². The average molecular weight is 394 g/mol. The van der Waals surface area contributed by atoms with Crippen LogP contribution >= 0.6 is 0 Å². The Morgan fingerprint density at radius 2 is 1.41 bits per heavy atom. The molecular weight excluding hydrogens is 358 g/mol. The molecule has 0 aliphatic carbocycles. The van der Waals surface area contributed by atoms with Crippen LogP contribution in [0.2, 0.25) is 0 Å². The van der Waals surface area contributed by atoms with Crippen molar-refractivity contribution in [1.29, 1.82) is 0 Å². The molecule has 0 saturated carbocycles. The SMILES string of the molecule is CCc1nc2ccc(C(C)(C)C(C)c3nn(C(C)C)nc3CC)cc2nc1CC. The van der Waals surface area contributed by atoms with Crippen LogP contribution in [0, 0.1) is 0 Å². The van der Waals surface area contributed by atoms with Gasteiger partial charge >= 0.3 is 0 Å². The van der Waals surface area contributed by atoms with Crippen molar-refractivity contribution in [3.8, 4) is 0 Å². The summed E-state index contributed by atoms with van der Waals surface area (Å²) in [6.45, 7) is 17.5. The highest BCUT2D eigenvalue weighted by Gasteiger charge is 2.33. The minimum atomic E-state index is -0.104. The molecular formula is C24H35N5. The number of aromatic nitrogens is 5. The van der Waals surface area contributed by atoms with E-state index in [1.165, 1.54) is 5.56 Å². The molecule has 29 heavy (non-hydrogen) atoms. The molecule has 2 heterocycles. The molecule has 1 aromatic carbocycles. The molecule has 0 aliphatic heterocycles. The Balaban J connectivity index is 2.05. The van der Waals surface area contributed by atoms with Gasteiger partial charge in [0.25, 0.3) is 0 Å². The lowest BCUT2D eigenvalue weighted by molar-refractivity contribution is 0.412. The summed E-state index contributed by atoms with van der Waals surface area (Å²) in [5, 5.41) is 9.59. The Bertz CT molecular complexity index is 1000. The van der Waals surface area contributed by atoms with Gasteiger partial charge in [-0.3, -0.25) is 0 Å². The summed E-state index contributed by atoms with van der Waals surface area (Å²) in [5.41, 5.74) is 7.54. The van der Waals surface area contributed by atoms with Gasteiger partial charge in [0.2, 0.25) is 0 Å². The topological polar surface area (TPSA) is 56.5 Å². The second kappa shape index (κ2) is 8.21. The standard InChI is InChI=1S/C24H35N5/c1-9-18-19(10-2)26-22-14-17(12-13-21(22)25-18)24(7,8)16(6)23-20(11-3)27-29(28-23)15(4)5/h12-16H,9-11H2,1-8H3. The second-order valence-electron chi connectivity index (χ2n) is 8.77. The summed E-state index contributed by atoms with van der Waals surface area (Å²) in [7, 11) is 0. The van der Waals surface area contributed by atoms with E-state index in [9.17, 15) is 0 Å². The minimum absolute atomic E-state index is 0.104. The number of benzene rings is 1. The fourth-order valence-electron chi connectivity index (χ4n) is 3.87. The molecule has 1 unspecified atom stereocenters. The number of hydrogen-bond acceptors (Lipinski definition) is 4. The fourth-order valence-corrected chi connectivity index (χ4v) is 3.87. The first kappa shape index (κ1) is 21.4. The van der Waals surface area contributed by atoms with E-state index in [1.807, 2.05) is 4.80 Å². The van der Waals surface area contributed by atoms with Crippen LogP contribution in [-0.4, -0.2) is 25.0 Å². The van der Waals surface area contributed by atoms with Crippen molar-refractivity contribution in [2.24, 2.45) is 0 Å². The van der Waals surface area contributed by atoms with Crippen LogP contribution in [0.3, 0.4) is 0 Å². The predicted octanol–water partition coefficient (Wildman–Crippen LogP) is 5.57. The van der Waals surface area contributed by atoms with Gasteiger partial charge in [0.15, 0.2) is 0 Å². The molecule has 156 valence electrons. The lowest BCUT2D eigenvalue weighted by Crippen LogP contribution is -2.26. The van der Waals surface area contributed by atoms with Gasteiger partial charge in [-0.25, -0.2) is 9.97 Å². The third-order valence-corrected chi connectivity index (χ3v) is 6.25. The first-order valence-corrected chi connectivity index (χ1v) is 11.0. The summed E-state index contributed by atoms with van der Waals surface area (Å²) in [5.74, 6) is 0.232. The Morgan fingerprint density at radius 3 is 1.97 bits per heavy atom. The summed E-state index contributed by atoms with van der Waals surface area (Å²) in [4.78, 5) is 11.6. The Labute approximate surface area is 175 Å². The molecule has 3 aromatic rings. The van der Waals surface area contributed by atoms with Crippen molar-refractivity contribution in [2.75, 3.05) is 0 Å². The average Bonchev–Trinajstić information content (AvgIpc) is 3.16. The summed E-state index contributed by atoms with van der Waals surface area (Å²) in [6.07, 6.45) is 2.72. The molecule has 0 bridgehead atoms. The van der Waals surface area contributed by atoms with Gasteiger partial charge in [0.05, 0.1) is 39.9 Å². The quantitative estimate of drug-likeness (QED) is 0.526. The molecule has 0 spiro atoms. The van der Waals surface area contributed by atoms with E-state index in [0.717, 1.165) is 53.1 Å². The monoisotopic (exact) mass is 393 g/mol. The molecule has 0 fully saturated rings. The molecule has 0 amide bonds. The number of nitrogens with zero attached hydrogens (tertiary/aromatic N) is 5. The lowest BCUT2D eigenvalue weighted by atomic mass is 9.72. The van der Waals surface area contributed by atoms with Crippen LogP contribution in [0.1, 0.15) is 95.7 Å². The van der Waals surface area contributed by atoms with Crippen LogP contribution in [0.25, 0.3) is 11.0 Å². The zero-order chi connectivity index (χ0) is 21.3. The maximum atomic E-state index is 4.94. The molecule has 0 N–H and O–H groups in total. The largest absolute Gasteiger partial charge is 0.249 e. The van der Waals surface area contributed by atoms with Crippen LogP contribution in [0.5, 0.6) is 0 Å². The highest BCUT2D eigenvalue weighted by atomic mass is 15.5. The number of aryl methyl sites for hydroxylation is 3. The van der Waals surface area contributed by atoms with Crippen molar-refractivity contribution >= 4 is 11.0 Å². The van der Waals surface area contributed by atoms with Crippen molar-refractivity contribution in [3.05, 3.63) is 46.5 Å². The maximum Gasteiger partial charge on any atom is 0.0896 e. The number of rotatable bonds is 7. The zero-order valence-corrected chi connectivity index (χ0v) is 19.2. The first-order valence-electron chi connectivity index (χ1n) is 11.0. The van der Waals surface area contributed by atoms with Crippen LogP contribution in [0.15, 0.2) is 18.2 Å². The van der Waals surface area contributed by atoms with E-state index in [1.54, 1.807) is 0 Å². The zero-order valence-electron chi connectivity index (χ0n) is 19.2. The fraction of sp³-hybridized carbons (Fsp3) is 0.583. The summed E-state index contributed by atoms with van der Waals surface area (Å²) >= 11 is 0. The normalized spacial score (nSPS) is 13.4. The third kappa shape index (κ3) is 3.92. The highest BCUT2D eigenvalue weighted by molar-refractivity contribution is 5.76. The van der Waals surface area contributed by atoms with Gasteiger partial charge < -0.3 is 0 Å². The van der Waals surface area contributed by atoms with Crippen molar-refractivity contribution in [2.45, 2.75) is 92.0 Å². The lowest BCUT2D eigenvalue weighted by Gasteiger charge is -2.32. The van der Waals surface area contributed by atoms with Gasteiger partial charge in [-0.15, -0.1) is 0 Å². The molecule has 3 rings (SSSR count). The Morgan fingerprint density at radius 1 is 0.828 bits per heavy atom. The van der Waals surface area contributed by atoms with Gasteiger partial charge in [-0.05, 0) is 56.2 Å². The molecule has 5 heteroatoms. The summed E-state index contributed by atoms with van der Waals surface area (Å²) in [6, 6.07) is 6.81. The van der Waals surface area contributed by atoms with E-state index < -0.39 is 0 Å². The maximum absolute atomic E-state index is 4.94. The van der Waals surface area contributed by atoms with Crippen LogP contribution < -0.4 is 0 Å². The second-order valence-corrected chi connectivity index (χ2v) is 8.77. The Hall–Kier alpha value is -2.30. The molecule has 0 aliphatic rings.